The van der Waals surface area contributed by atoms with E-state index in [-0.39, 0.29) is 5.56 Å². The summed E-state index contributed by atoms with van der Waals surface area (Å²) in [7, 11) is 0. The van der Waals surface area contributed by atoms with Gasteiger partial charge in [-0.25, -0.2) is 0 Å². The van der Waals surface area contributed by atoms with Crippen molar-refractivity contribution >= 4 is 22.6 Å². The quantitative estimate of drug-likeness (QED) is 0.537. The minimum Gasteiger partial charge on any atom is -0.166 e. The van der Waals surface area contributed by atoms with Crippen molar-refractivity contribution in [2.45, 2.75) is 39.3 Å². The molecular weight excluding hydrogens is 400 g/mol. The highest BCUT2D eigenvalue weighted by Gasteiger charge is 2.32. The van der Waals surface area contributed by atoms with Gasteiger partial charge in [-0.3, -0.25) is 0 Å². The maximum atomic E-state index is 12.9. The maximum Gasteiger partial charge on any atom is 0.416 e. The van der Waals surface area contributed by atoms with Gasteiger partial charge in [0.05, 0.1) is 5.56 Å². The largest absolute Gasteiger partial charge is 0.416 e. The highest BCUT2D eigenvalue weighted by Crippen LogP contribution is 2.32. The predicted octanol–water partition coefficient (Wildman–Crippen LogP) is 5.97. The molecule has 2 rings (SSSR count). The van der Waals surface area contributed by atoms with Gasteiger partial charge in [0, 0.05) is 3.57 Å². The van der Waals surface area contributed by atoms with Gasteiger partial charge in [-0.1, -0.05) is 31.2 Å². The molecule has 0 spiro atoms. The zero-order chi connectivity index (χ0) is 16.3. The van der Waals surface area contributed by atoms with Crippen LogP contribution in [-0.2, 0) is 25.4 Å². The summed E-state index contributed by atoms with van der Waals surface area (Å²) in [5.41, 5.74) is 2.95. The Morgan fingerprint density at radius 3 is 2.23 bits per heavy atom. The molecular formula is C18H18F3I. The lowest BCUT2D eigenvalue weighted by Crippen LogP contribution is -2.08. The van der Waals surface area contributed by atoms with Crippen LogP contribution in [0.15, 0.2) is 36.4 Å². The van der Waals surface area contributed by atoms with Crippen LogP contribution < -0.4 is 0 Å². The Morgan fingerprint density at radius 1 is 0.955 bits per heavy atom. The average molecular weight is 418 g/mol. The van der Waals surface area contributed by atoms with Crippen LogP contribution in [0.4, 0.5) is 13.2 Å². The van der Waals surface area contributed by atoms with Gasteiger partial charge in [0.2, 0.25) is 0 Å². The van der Waals surface area contributed by atoms with Crippen LogP contribution in [0.5, 0.6) is 0 Å². The lowest BCUT2D eigenvalue weighted by atomic mass is 9.99. The first kappa shape index (κ1) is 17.3. The zero-order valence-corrected chi connectivity index (χ0v) is 14.8. The van der Waals surface area contributed by atoms with Crippen molar-refractivity contribution in [2.75, 3.05) is 0 Å². The Balaban J connectivity index is 2.15. The van der Waals surface area contributed by atoms with Crippen LogP contribution in [0, 0.1) is 10.5 Å². The van der Waals surface area contributed by atoms with Gasteiger partial charge in [-0.15, -0.1) is 0 Å². The van der Waals surface area contributed by atoms with E-state index >= 15 is 0 Å². The number of halogens is 4. The molecule has 0 atom stereocenters. The summed E-state index contributed by atoms with van der Waals surface area (Å²) in [4.78, 5) is 0. The van der Waals surface area contributed by atoms with Crippen LogP contribution in [0.3, 0.4) is 0 Å². The van der Waals surface area contributed by atoms with Crippen molar-refractivity contribution in [3.63, 3.8) is 0 Å². The Hall–Kier alpha value is -1.04. The van der Waals surface area contributed by atoms with Crippen molar-refractivity contribution in [3.05, 3.63) is 67.8 Å². The fourth-order valence-corrected chi connectivity index (χ4v) is 3.27. The summed E-state index contributed by atoms with van der Waals surface area (Å²) < 4.78 is 40.0. The van der Waals surface area contributed by atoms with E-state index in [1.54, 1.807) is 12.1 Å². The number of benzene rings is 2. The van der Waals surface area contributed by atoms with Crippen molar-refractivity contribution in [1.82, 2.24) is 0 Å². The van der Waals surface area contributed by atoms with Crippen LogP contribution in [0.1, 0.15) is 34.7 Å². The second-order valence-corrected chi connectivity index (χ2v) is 6.59. The first-order valence-corrected chi connectivity index (χ1v) is 8.33. The van der Waals surface area contributed by atoms with E-state index in [2.05, 4.69) is 47.7 Å². The van der Waals surface area contributed by atoms with Crippen LogP contribution >= 0.6 is 22.6 Å². The molecule has 0 fully saturated rings. The van der Waals surface area contributed by atoms with Gasteiger partial charge < -0.3 is 0 Å². The molecule has 0 saturated carbocycles. The Labute approximate surface area is 142 Å². The molecule has 0 aliphatic carbocycles. The second kappa shape index (κ2) is 7.02. The molecule has 0 aliphatic heterocycles. The van der Waals surface area contributed by atoms with Crippen molar-refractivity contribution < 1.29 is 13.2 Å². The van der Waals surface area contributed by atoms with E-state index in [1.165, 1.54) is 27.7 Å². The second-order valence-electron chi connectivity index (χ2n) is 5.43. The van der Waals surface area contributed by atoms with Crippen LogP contribution in [-0.4, -0.2) is 0 Å². The third kappa shape index (κ3) is 4.24. The predicted molar refractivity (Wildman–Crippen MR) is 92.1 cm³/mol. The van der Waals surface area contributed by atoms with E-state index in [4.69, 9.17) is 0 Å². The van der Waals surface area contributed by atoms with E-state index < -0.39 is 11.7 Å². The normalized spacial score (nSPS) is 11.7. The lowest BCUT2D eigenvalue weighted by Gasteiger charge is -2.12. The summed E-state index contributed by atoms with van der Waals surface area (Å²) in [6, 6.07) is 10.9. The molecule has 0 radical (unpaired) electrons. The van der Waals surface area contributed by atoms with Gasteiger partial charge in [0.1, 0.15) is 0 Å². The topological polar surface area (TPSA) is 0 Å². The van der Waals surface area contributed by atoms with E-state index in [1.807, 2.05) is 0 Å². The number of alkyl halides is 3. The van der Waals surface area contributed by atoms with Crippen molar-refractivity contribution in [1.29, 1.82) is 0 Å². The molecule has 22 heavy (non-hydrogen) atoms. The molecule has 118 valence electrons. The molecule has 2 aromatic rings. The lowest BCUT2D eigenvalue weighted by molar-refractivity contribution is -0.138. The number of hydrogen-bond acceptors (Lipinski definition) is 0. The molecule has 0 N–H and O–H groups in total. The first-order valence-electron chi connectivity index (χ1n) is 7.25. The molecule has 0 nitrogen and oxygen atoms in total. The summed E-state index contributed by atoms with van der Waals surface area (Å²) in [6.45, 7) is 3.61. The molecule has 0 amide bonds. The Morgan fingerprint density at radius 2 is 1.64 bits per heavy atom. The molecule has 2 aromatic carbocycles. The minimum absolute atomic E-state index is 0.276. The van der Waals surface area contributed by atoms with Gasteiger partial charge in [0.15, 0.2) is 0 Å². The average Bonchev–Trinajstić information content (AvgIpc) is 2.46. The molecule has 0 saturated heterocycles. The van der Waals surface area contributed by atoms with Crippen molar-refractivity contribution in [3.8, 4) is 0 Å². The molecule has 0 aliphatic rings. The smallest absolute Gasteiger partial charge is 0.166 e. The Bertz CT molecular complexity index is 660. The fourth-order valence-electron chi connectivity index (χ4n) is 2.42. The third-order valence-corrected chi connectivity index (χ3v) is 4.82. The summed E-state index contributed by atoms with van der Waals surface area (Å²) in [6.07, 6.45) is -1.92. The summed E-state index contributed by atoms with van der Waals surface area (Å²) in [5.74, 6) is 0. The number of aryl methyl sites for hydroxylation is 4. The maximum absolute atomic E-state index is 12.9. The summed E-state index contributed by atoms with van der Waals surface area (Å²) in [5, 5.41) is 0. The first-order chi connectivity index (χ1) is 10.3. The number of rotatable bonds is 4. The summed E-state index contributed by atoms with van der Waals surface area (Å²) >= 11 is 2.30. The third-order valence-electron chi connectivity index (χ3n) is 3.82. The molecule has 4 heteroatoms. The van der Waals surface area contributed by atoms with E-state index in [9.17, 15) is 13.2 Å². The highest BCUT2D eigenvalue weighted by atomic mass is 127. The van der Waals surface area contributed by atoms with Gasteiger partial charge in [0.25, 0.3) is 0 Å². The van der Waals surface area contributed by atoms with Crippen LogP contribution in [0.25, 0.3) is 0 Å². The Kier molecular flexibility index (Phi) is 5.53. The SMILES string of the molecule is CCc1ccc(CCc2ccc(C)c(C(F)(F)F)c2)c(I)c1. The standard InChI is InChI=1S/C18H18F3I/c1-3-13-6-8-15(17(22)11-13)9-7-14-5-4-12(2)16(10-14)18(19,20)21/h4-6,8,10-11H,3,7,9H2,1-2H3. The molecule has 0 heterocycles. The van der Waals surface area contributed by atoms with Crippen molar-refractivity contribution in [2.24, 2.45) is 0 Å². The van der Waals surface area contributed by atoms with Gasteiger partial charge in [-0.05, 0) is 83.2 Å². The highest BCUT2D eigenvalue weighted by molar-refractivity contribution is 14.1. The molecule has 0 aromatic heterocycles. The zero-order valence-electron chi connectivity index (χ0n) is 12.6. The number of hydrogen-bond donors (Lipinski definition) is 0. The fraction of sp³-hybridized carbons (Fsp3) is 0.333. The molecule has 0 unspecified atom stereocenters. The van der Waals surface area contributed by atoms with Crippen LogP contribution in [0.2, 0.25) is 0 Å². The van der Waals surface area contributed by atoms with Gasteiger partial charge >= 0.3 is 6.18 Å². The minimum atomic E-state index is -4.28. The molecule has 0 bridgehead atoms. The van der Waals surface area contributed by atoms with E-state index in [0.29, 0.717) is 6.42 Å². The van der Waals surface area contributed by atoms with E-state index in [0.717, 1.165) is 18.4 Å². The monoisotopic (exact) mass is 418 g/mol. The van der Waals surface area contributed by atoms with Gasteiger partial charge in [-0.2, -0.15) is 13.2 Å².